The molecule has 3 aliphatic rings. The number of ether oxygens (including phenoxy) is 1. The van der Waals surface area contributed by atoms with Gasteiger partial charge < -0.3 is 10.1 Å². The van der Waals surface area contributed by atoms with Gasteiger partial charge in [-0.25, -0.2) is 18.1 Å². The summed E-state index contributed by atoms with van der Waals surface area (Å²) in [5, 5.41) is 8.05. The van der Waals surface area contributed by atoms with Crippen LogP contribution in [0.15, 0.2) is 36.5 Å². The molecule has 2 heterocycles. The maximum atomic E-state index is 13.0. The number of sulfonamides is 1. The van der Waals surface area contributed by atoms with Gasteiger partial charge in [0.25, 0.3) is 0 Å². The zero-order chi connectivity index (χ0) is 25.6. The number of anilines is 1. The summed E-state index contributed by atoms with van der Waals surface area (Å²) >= 11 is 0. The molecule has 3 aromatic rings. The Morgan fingerprint density at radius 1 is 1.08 bits per heavy atom. The minimum absolute atomic E-state index is 0.207. The molecule has 0 aliphatic heterocycles. The number of benzene rings is 1. The fourth-order valence-corrected chi connectivity index (χ4v) is 8.45. The third kappa shape index (κ3) is 4.40. The predicted molar refractivity (Wildman–Crippen MR) is 144 cm³/mol. The van der Waals surface area contributed by atoms with Crippen molar-refractivity contribution in [2.24, 2.45) is 5.92 Å². The number of hydrogen-bond acceptors (Lipinski definition) is 6. The van der Waals surface area contributed by atoms with Crippen LogP contribution in [-0.2, 0) is 28.4 Å². The van der Waals surface area contributed by atoms with E-state index in [-0.39, 0.29) is 16.7 Å². The Bertz CT molecular complexity index is 1370. The topological polar surface area (TPSA) is 97.6 Å². The van der Waals surface area contributed by atoms with Crippen molar-refractivity contribution >= 4 is 21.5 Å². The van der Waals surface area contributed by atoms with Crippen LogP contribution in [0.4, 0.5) is 5.82 Å². The number of rotatable bonds is 7. The Morgan fingerprint density at radius 2 is 1.81 bits per heavy atom. The molecule has 2 aromatic heterocycles. The molecule has 6 rings (SSSR count). The van der Waals surface area contributed by atoms with Gasteiger partial charge >= 0.3 is 0 Å². The number of methoxy groups -OCH3 is 1. The SMILES string of the molecule is COc1ccc(CNS(=O)(=O)C2CCC(Nc3c4c(nc5ccnn35)C3(CCCC3)C(C)C4)CC2)cc1. The highest BCUT2D eigenvalue weighted by atomic mass is 32.2. The molecular weight excluding hydrogens is 486 g/mol. The van der Waals surface area contributed by atoms with Crippen LogP contribution in [0, 0.1) is 5.92 Å². The highest BCUT2D eigenvalue weighted by molar-refractivity contribution is 7.90. The molecule has 1 atom stereocenters. The van der Waals surface area contributed by atoms with Gasteiger partial charge in [0.15, 0.2) is 5.65 Å². The minimum Gasteiger partial charge on any atom is -0.497 e. The lowest BCUT2D eigenvalue weighted by Gasteiger charge is -2.31. The molecule has 2 fully saturated rings. The Hall–Kier alpha value is -2.65. The van der Waals surface area contributed by atoms with E-state index in [0.29, 0.717) is 25.3 Å². The summed E-state index contributed by atoms with van der Waals surface area (Å²) in [6.07, 6.45) is 10.8. The number of nitrogens with one attached hydrogen (secondary N) is 2. The van der Waals surface area contributed by atoms with Crippen molar-refractivity contribution in [1.82, 2.24) is 19.3 Å². The van der Waals surface area contributed by atoms with E-state index in [1.54, 1.807) is 7.11 Å². The third-order valence-corrected chi connectivity index (χ3v) is 11.0. The fourth-order valence-electron chi connectivity index (χ4n) is 6.96. The molecule has 37 heavy (non-hydrogen) atoms. The van der Waals surface area contributed by atoms with Gasteiger partial charge in [0.05, 0.1) is 24.3 Å². The zero-order valence-electron chi connectivity index (χ0n) is 21.7. The van der Waals surface area contributed by atoms with E-state index in [1.807, 2.05) is 41.0 Å². The second-order valence-electron chi connectivity index (χ2n) is 11.2. The van der Waals surface area contributed by atoms with Crippen LogP contribution in [-0.4, -0.2) is 41.4 Å². The van der Waals surface area contributed by atoms with Gasteiger partial charge in [0.2, 0.25) is 10.0 Å². The summed E-state index contributed by atoms with van der Waals surface area (Å²) in [4.78, 5) is 5.12. The molecule has 0 radical (unpaired) electrons. The zero-order valence-corrected chi connectivity index (χ0v) is 22.6. The van der Waals surface area contributed by atoms with Gasteiger partial charge in [0, 0.05) is 29.6 Å². The summed E-state index contributed by atoms with van der Waals surface area (Å²) in [6, 6.07) is 9.70. The molecular formula is C28H37N5O3S. The van der Waals surface area contributed by atoms with Crippen molar-refractivity contribution in [3.63, 3.8) is 0 Å². The molecule has 198 valence electrons. The fraction of sp³-hybridized carbons (Fsp3) is 0.571. The van der Waals surface area contributed by atoms with Gasteiger partial charge in [-0.05, 0) is 68.6 Å². The van der Waals surface area contributed by atoms with Gasteiger partial charge in [-0.1, -0.05) is 31.9 Å². The molecule has 9 heteroatoms. The summed E-state index contributed by atoms with van der Waals surface area (Å²) in [6.45, 7) is 2.68. The molecule has 8 nitrogen and oxygen atoms in total. The second kappa shape index (κ2) is 9.58. The van der Waals surface area contributed by atoms with E-state index in [0.717, 1.165) is 42.0 Å². The number of aromatic nitrogens is 3. The average Bonchev–Trinajstić information content (AvgIpc) is 3.65. The maximum Gasteiger partial charge on any atom is 0.214 e. The van der Waals surface area contributed by atoms with E-state index in [2.05, 4.69) is 22.1 Å². The van der Waals surface area contributed by atoms with Crippen LogP contribution in [0.5, 0.6) is 5.75 Å². The van der Waals surface area contributed by atoms with E-state index in [4.69, 9.17) is 9.72 Å². The normalized spacial score (nSPS) is 25.0. The highest BCUT2D eigenvalue weighted by Gasteiger charge is 2.49. The van der Waals surface area contributed by atoms with Gasteiger partial charge in [-0.2, -0.15) is 9.61 Å². The Balaban J connectivity index is 1.14. The van der Waals surface area contributed by atoms with Crippen LogP contribution in [0.2, 0.25) is 0 Å². The molecule has 2 N–H and O–H groups in total. The Labute approximate surface area is 219 Å². The molecule has 0 saturated heterocycles. The van der Waals surface area contributed by atoms with Crippen molar-refractivity contribution in [1.29, 1.82) is 0 Å². The lowest BCUT2D eigenvalue weighted by atomic mass is 9.76. The number of hydrogen-bond donors (Lipinski definition) is 2. The average molecular weight is 524 g/mol. The van der Waals surface area contributed by atoms with Crippen molar-refractivity contribution in [3.8, 4) is 5.75 Å². The number of nitrogens with zero attached hydrogens (tertiary/aromatic N) is 3. The first-order valence-corrected chi connectivity index (χ1v) is 15.2. The van der Waals surface area contributed by atoms with Crippen molar-refractivity contribution < 1.29 is 13.2 Å². The number of fused-ring (bicyclic) bond motifs is 3. The van der Waals surface area contributed by atoms with Crippen LogP contribution < -0.4 is 14.8 Å². The summed E-state index contributed by atoms with van der Waals surface area (Å²) in [7, 11) is -1.77. The van der Waals surface area contributed by atoms with Crippen LogP contribution in [0.1, 0.15) is 75.1 Å². The smallest absolute Gasteiger partial charge is 0.214 e. The Morgan fingerprint density at radius 3 is 2.51 bits per heavy atom. The molecule has 3 aliphatic carbocycles. The monoisotopic (exact) mass is 523 g/mol. The van der Waals surface area contributed by atoms with Crippen LogP contribution in [0.3, 0.4) is 0 Å². The Kier molecular flexibility index (Phi) is 6.39. The molecule has 1 aromatic carbocycles. The molecule has 0 bridgehead atoms. The van der Waals surface area contributed by atoms with Crippen molar-refractivity contribution in [3.05, 3.63) is 53.3 Å². The quantitative estimate of drug-likeness (QED) is 0.470. The van der Waals surface area contributed by atoms with Gasteiger partial charge in [0.1, 0.15) is 11.6 Å². The van der Waals surface area contributed by atoms with E-state index >= 15 is 0 Å². The first kappa shape index (κ1) is 24.7. The van der Waals surface area contributed by atoms with Crippen LogP contribution in [0.25, 0.3) is 5.65 Å². The lowest BCUT2D eigenvalue weighted by Crippen LogP contribution is -2.39. The standard InChI is InChI=1S/C28H37N5O3S/c1-19-17-24-26(28(19)14-3-4-15-28)32-25-13-16-29-33(25)27(24)31-21-7-11-23(12-8-21)37(34,35)30-18-20-5-9-22(36-2)10-6-20/h5-6,9-10,13,16,19,21,23,30-31H,3-4,7-8,11-12,14-15,17-18H2,1-2H3. The summed E-state index contributed by atoms with van der Waals surface area (Å²) in [5.74, 6) is 2.42. The van der Waals surface area contributed by atoms with Gasteiger partial charge in [-0.15, -0.1) is 0 Å². The lowest BCUT2D eigenvalue weighted by molar-refractivity contribution is 0.316. The van der Waals surface area contributed by atoms with Crippen LogP contribution >= 0.6 is 0 Å². The van der Waals surface area contributed by atoms with Crippen molar-refractivity contribution in [2.75, 3.05) is 12.4 Å². The third-order valence-electron chi connectivity index (χ3n) is 9.14. The van der Waals surface area contributed by atoms with Crippen molar-refractivity contribution in [2.45, 2.75) is 88.0 Å². The van der Waals surface area contributed by atoms with Gasteiger partial charge in [-0.3, -0.25) is 0 Å². The summed E-state index contributed by atoms with van der Waals surface area (Å²) < 4.78 is 36.0. The van der Waals surface area contributed by atoms with E-state index in [1.165, 1.54) is 36.9 Å². The molecule has 1 spiro atoms. The minimum atomic E-state index is -3.39. The maximum absolute atomic E-state index is 13.0. The van der Waals surface area contributed by atoms with E-state index < -0.39 is 10.0 Å². The predicted octanol–water partition coefficient (Wildman–Crippen LogP) is 4.58. The first-order valence-electron chi connectivity index (χ1n) is 13.6. The van der Waals surface area contributed by atoms with E-state index in [9.17, 15) is 8.42 Å². The molecule has 1 unspecified atom stereocenters. The highest BCUT2D eigenvalue weighted by Crippen LogP contribution is 2.54. The molecule has 0 amide bonds. The molecule has 2 saturated carbocycles. The summed E-state index contributed by atoms with van der Waals surface area (Å²) in [5.41, 5.74) is 4.64. The largest absolute Gasteiger partial charge is 0.497 e. The first-order chi connectivity index (χ1) is 17.9. The second-order valence-corrected chi connectivity index (χ2v) is 13.2.